The molecular formula is C23H29N3O4S. The van der Waals surface area contributed by atoms with E-state index in [1.54, 1.807) is 43.3 Å². The number of rotatable bonds is 10. The Morgan fingerprint density at radius 1 is 1.06 bits per heavy atom. The molecule has 0 unspecified atom stereocenters. The predicted molar refractivity (Wildman–Crippen MR) is 126 cm³/mol. The summed E-state index contributed by atoms with van der Waals surface area (Å²) in [5.41, 5.74) is 2.13. The van der Waals surface area contributed by atoms with Gasteiger partial charge in [0.25, 0.3) is 5.91 Å². The van der Waals surface area contributed by atoms with Gasteiger partial charge in [-0.25, -0.2) is 0 Å². The van der Waals surface area contributed by atoms with Gasteiger partial charge in [0, 0.05) is 32.8 Å². The van der Waals surface area contributed by atoms with E-state index in [1.165, 1.54) is 0 Å². The summed E-state index contributed by atoms with van der Waals surface area (Å²) in [5, 5.41) is 5.87. The standard InChI is InChI=1S/C23H29N3O4S/c1-4-29-14-15-30-20-11-6-5-10-19(20)22(28)25-23(31)24-18-9-7-8-17(16-18)12-13-21(27)26(2)3/h5-11,16H,4,12-15H2,1-3H3,(H2,24,25,28,31). The van der Waals surface area contributed by atoms with Crippen LogP contribution in [0.5, 0.6) is 5.75 Å². The van der Waals surface area contributed by atoms with Crippen LogP contribution in [0.15, 0.2) is 48.5 Å². The summed E-state index contributed by atoms with van der Waals surface area (Å²) in [5.74, 6) is 0.176. The molecule has 2 N–H and O–H groups in total. The summed E-state index contributed by atoms with van der Waals surface area (Å²) in [6, 6.07) is 14.6. The third-order valence-corrected chi connectivity index (χ3v) is 4.56. The largest absolute Gasteiger partial charge is 0.490 e. The van der Waals surface area contributed by atoms with Crippen LogP contribution in [0.1, 0.15) is 29.3 Å². The van der Waals surface area contributed by atoms with E-state index in [4.69, 9.17) is 21.7 Å². The Balaban J connectivity index is 1.93. The fraction of sp³-hybridized carbons (Fsp3) is 0.348. The Bertz CT molecular complexity index is 902. The quantitative estimate of drug-likeness (QED) is 0.434. The molecule has 0 fully saturated rings. The average molecular weight is 444 g/mol. The molecule has 0 heterocycles. The predicted octanol–water partition coefficient (Wildman–Crippen LogP) is 3.25. The second-order valence-electron chi connectivity index (χ2n) is 6.94. The molecule has 0 radical (unpaired) electrons. The molecule has 0 saturated heterocycles. The molecule has 0 spiro atoms. The van der Waals surface area contributed by atoms with E-state index in [0.29, 0.717) is 44.0 Å². The monoisotopic (exact) mass is 443 g/mol. The van der Waals surface area contributed by atoms with E-state index in [9.17, 15) is 9.59 Å². The third-order valence-electron chi connectivity index (χ3n) is 4.36. The van der Waals surface area contributed by atoms with Crippen LogP contribution in [0.2, 0.25) is 0 Å². The summed E-state index contributed by atoms with van der Waals surface area (Å²) in [7, 11) is 3.48. The number of amides is 2. The van der Waals surface area contributed by atoms with Gasteiger partial charge in [-0.15, -0.1) is 0 Å². The minimum atomic E-state index is -0.364. The van der Waals surface area contributed by atoms with Gasteiger partial charge in [0.2, 0.25) is 5.91 Å². The molecule has 2 aromatic carbocycles. The third kappa shape index (κ3) is 8.35. The van der Waals surface area contributed by atoms with Gasteiger partial charge in [0.05, 0.1) is 12.2 Å². The van der Waals surface area contributed by atoms with Crippen molar-refractivity contribution in [3.05, 3.63) is 59.7 Å². The van der Waals surface area contributed by atoms with Crippen molar-refractivity contribution in [2.45, 2.75) is 19.8 Å². The Hall–Kier alpha value is -2.97. The highest BCUT2D eigenvalue weighted by Crippen LogP contribution is 2.18. The van der Waals surface area contributed by atoms with Crippen LogP contribution in [-0.2, 0) is 16.0 Å². The molecule has 2 aromatic rings. The number of carbonyl (C=O) groups excluding carboxylic acids is 2. The number of hydrogen-bond donors (Lipinski definition) is 2. The van der Waals surface area contributed by atoms with E-state index < -0.39 is 0 Å². The van der Waals surface area contributed by atoms with E-state index in [-0.39, 0.29) is 16.9 Å². The highest BCUT2D eigenvalue weighted by atomic mass is 32.1. The highest BCUT2D eigenvalue weighted by Gasteiger charge is 2.14. The molecule has 0 aliphatic heterocycles. The first kappa shape index (κ1) is 24.3. The van der Waals surface area contributed by atoms with Crippen LogP contribution < -0.4 is 15.4 Å². The number of hydrogen-bond acceptors (Lipinski definition) is 5. The van der Waals surface area contributed by atoms with Gasteiger partial charge in [0.15, 0.2) is 5.11 Å². The topological polar surface area (TPSA) is 79.9 Å². The van der Waals surface area contributed by atoms with E-state index in [1.807, 2.05) is 31.2 Å². The van der Waals surface area contributed by atoms with Gasteiger partial charge < -0.3 is 19.7 Å². The summed E-state index contributed by atoms with van der Waals surface area (Å²) in [4.78, 5) is 26.0. The molecule has 0 aliphatic rings. The minimum Gasteiger partial charge on any atom is -0.490 e. The zero-order chi connectivity index (χ0) is 22.6. The molecular weight excluding hydrogens is 414 g/mol. The van der Waals surface area contributed by atoms with Crippen molar-refractivity contribution in [2.24, 2.45) is 0 Å². The molecule has 2 amide bonds. The number of ether oxygens (including phenoxy) is 2. The lowest BCUT2D eigenvalue weighted by Crippen LogP contribution is -2.34. The highest BCUT2D eigenvalue weighted by molar-refractivity contribution is 7.80. The van der Waals surface area contributed by atoms with Crippen molar-refractivity contribution in [1.29, 1.82) is 0 Å². The second-order valence-corrected chi connectivity index (χ2v) is 7.35. The molecule has 31 heavy (non-hydrogen) atoms. The number of carbonyl (C=O) groups is 2. The van der Waals surface area contributed by atoms with E-state index >= 15 is 0 Å². The summed E-state index contributed by atoms with van der Waals surface area (Å²) in [6.45, 7) is 3.32. The van der Waals surface area contributed by atoms with Gasteiger partial charge in [0.1, 0.15) is 12.4 Å². The summed E-state index contributed by atoms with van der Waals surface area (Å²) < 4.78 is 10.9. The van der Waals surface area contributed by atoms with Crippen LogP contribution in [0, 0.1) is 0 Å². The van der Waals surface area contributed by atoms with Crippen molar-refractivity contribution in [1.82, 2.24) is 10.2 Å². The molecule has 0 atom stereocenters. The fourth-order valence-electron chi connectivity index (χ4n) is 2.75. The first-order chi connectivity index (χ1) is 14.9. The lowest BCUT2D eigenvalue weighted by molar-refractivity contribution is -0.128. The zero-order valence-electron chi connectivity index (χ0n) is 18.1. The molecule has 166 valence electrons. The number of aryl methyl sites for hydroxylation is 1. The van der Waals surface area contributed by atoms with Gasteiger partial charge in [-0.2, -0.15) is 0 Å². The lowest BCUT2D eigenvalue weighted by atomic mass is 10.1. The van der Waals surface area contributed by atoms with Crippen LogP contribution in [0.4, 0.5) is 5.69 Å². The molecule has 8 heteroatoms. The fourth-order valence-corrected chi connectivity index (χ4v) is 2.96. The molecule has 0 aromatic heterocycles. The zero-order valence-corrected chi connectivity index (χ0v) is 19.0. The maximum absolute atomic E-state index is 12.7. The van der Waals surface area contributed by atoms with Crippen LogP contribution >= 0.6 is 12.2 Å². The smallest absolute Gasteiger partial charge is 0.261 e. The number of benzene rings is 2. The van der Waals surface area contributed by atoms with Crippen LogP contribution in [0.3, 0.4) is 0 Å². The van der Waals surface area contributed by atoms with E-state index in [2.05, 4.69) is 10.6 Å². The van der Waals surface area contributed by atoms with Gasteiger partial charge in [-0.3, -0.25) is 14.9 Å². The van der Waals surface area contributed by atoms with Crippen LogP contribution in [0.25, 0.3) is 0 Å². The van der Waals surface area contributed by atoms with Gasteiger partial charge in [-0.05, 0) is 55.4 Å². The maximum atomic E-state index is 12.7. The maximum Gasteiger partial charge on any atom is 0.261 e. The first-order valence-electron chi connectivity index (χ1n) is 10.1. The van der Waals surface area contributed by atoms with Crippen molar-refractivity contribution in [3.63, 3.8) is 0 Å². The Labute approximate surface area is 188 Å². The van der Waals surface area contributed by atoms with Crippen LogP contribution in [-0.4, -0.2) is 55.7 Å². The number of anilines is 1. The SMILES string of the molecule is CCOCCOc1ccccc1C(=O)NC(=S)Nc1cccc(CCC(=O)N(C)C)c1. The molecule has 0 bridgehead atoms. The second kappa shape index (κ2) is 12.7. The average Bonchev–Trinajstić information content (AvgIpc) is 2.75. The van der Waals surface area contributed by atoms with Crippen molar-refractivity contribution in [3.8, 4) is 5.75 Å². The molecule has 2 rings (SSSR count). The van der Waals surface area contributed by atoms with E-state index in [0.717, 1.165) is 11.3 Å². The molecule has 0 aliphatic carbocycles. The van der Waals surface area contributed by atoms with Crippen molar-refractivity contribution >= 4 is 34.8 Å². The summed E-state index contributed by atoms with van der Waals surface area (Å²) >= 11 is 5.30. The van der Waals surface area contributed by atoms with Gasteiger partial charge >= 0.3 is 0 Å². The van der Waals surface area contributed by atoms with Crippen molar-refractivity contribution < 1.29 is 19.1 Å². The number of nitrogens with one attached hydrogen (secondary N) is 2. The minimum absolute atomic E-state index is 0.0725. The lowest BCUT2D eigenvalue weighted by Gasteiger charge is -2.14. The number of para-hydroxylation sites is 1. The Morgan fingerprint density at radius 3 is 2.58 bits per heavy atom. The van der Waals surface area contributed by atoms with Gasteiger partial charge in [-0.1, -0.05) is 24.3 Å². The first-order valence-corrected chi connectivity index (χ1v) is 10.5. The van der Waals surface area contributed by atoms with Crippen molar-refractivity contribution in [2.75, 3.05) is 39.2 Å². The summed E-state index contributed by atoms with van der Waals surface area (Å²) in [6.07, 6.45) is 1.05. The molecule has 7 nitrogen and oxygen atoms in total. The number of thiocarbonyl (C=S) groups is 1. The normalized spacial score (nSPS) is 10.3. The Morgan fingerprint density at radius 2 is 1.84 bits per heavy atom. The number of nitrogens with zero attached hydrogens (tertiary/aromatic N) is 1. The molecule has 0 saturated carbocycles. The Kier molecular flexibility index (Phi) is 9.93.